The Morgan fingerprint density at radius 1 is 1.38 bits per heavy atom. The van der Waals surface area contributed by atoms with E-state index in [1.165, 1.54) is 23.5 Å². The number of aromatic nitrogens is 2. The van der Waals surface area contributed by atoms with Crippen LogP contribution in [-0.2, 0) is 0 Å². The molecule has 1 aromatic carbocycles. The van der Waals surface area contributed by atoms with Crippen LogP contribution < -0.4 is 5.73 Å². The number of halogens is 1. The molecule has 0 radical (unpaired) electrons. The van der Waals surface area contributed by atoms with Gasteiger partial charge in [0.05, 0.1) is 9.80 Å². The van der Waals surface area contributed by atoms with Crippen LogP contribution in [-0.4, -0.2) is 15.1 Å². The Kier molecular flexibility index (Phi) is 3.43. The van der Waals surface area contributed by atoms with Gasteiger partial charge in [-0.05, 0) is 34.1 Å². The lowest BCUT2D eigenvalue weighted by atomic mass is 10.2. The zero-order valence-electron chi connectivity index (χ0n) is 10.3. The van der Waals surface area contributed by atoms with Gasteiger partial charge in [-0.3, -0.25) is 10.1 Å². The van der Waals surface area contributed by atoms with E-state index in [-0.39, 0.29) is 17.3 Å². The second kappa shape index (κ2) is 5.26. The molecular formula is C12H7BrN4O3S. The predicted octanol–water partition coefficient (Wildman–Crippen LogP) is 3.72. The van der Waals surface area contributed by atoms with Crippen LogP contribution >= 0.6 is 27.3 Å². The lowest BCUT2D eigenvalue weighted by molar-refractivity contribution is -0.383. The van der Waals surface area contributed by atoms with Gasteiger partial charge < -0.3 is 10.3 Å². The normalized spacial score (nSPS) is 10.7. The molecule has 2 heterocycles. The molecule has 0 fully saturated rings. The highest BCUT2D eigenvalue weighted by molar-refractivity contribution is 9.10. The van der Waals surface area contributed by atoms with E-state index in [0.717, 1.165) is 9.35 Å². The number of nitrogen functional groups attached to an aromatic ring is 1. The first-order valence-electron chi connectivity index (χ1n) is 5.67. The number of benzene rings is 1. The van der Waals surface area contributed by atoms with Crippen LogP contribution in [0.3, 0.4) is 0 Å². The first-order valence-corrected chi connectivity index (χ1v) is 7.34. The maximum Gasteiger partial charge on any atom is 0.292 e. The fraction of sp³-hybridized carbons (Fsp3) is 0. The summed E-state index contributed by atoms with van der Waals surface area (Å²) in [4.78, 5) is 15.4. The monoisotopic (exact) mass is 366 g/mol. The first-order chi connectivity index (χ1) is 10.0. The molecule has 2 aromatic heterocycles. The minimum atomic E-state index is -0.549. The molecule has 7 nitrogen and oxygen atoms in total. The zero-order chi connectivity index (χ0) is 15.0. The maximum absolute atomic E-state index is 10.9. The van der Waals surface area contributed by atoms with Crippen molar-refractivity contribution in [3.8, 4) is 22.2 Å². The molecule has 9 heteroatoms. The maximum atomic E-state index is 10.9. The van der Waals surface area contributed by atoms with Gasteiger partial charge in [-0.15, -0.1) is 11.3 Å². The van der Waals surface area contributed by atoms with Crippen LogP contribution in [0.4, 0.5) is 11.4 Å². The third-order valence-corrected chi connectivity index (χ3v) is 4.37. The van der Waals surface area contributed by atoms with E-state index in [2.05, 4.69) is 26.1 Å². The van der Waals surface area contributed by atoms with E-state index in [1.807, 2.05) is 11.4 Å². The topological polar surface area (TPSA) is 108 Å². The molecule has 3 rings (SSSR count). The summed E-state index contributed by atoms with van der Waals surface area (Å²) < 4.78 is 6.08. The summed E-state index contributed by atoms with van der Waals surface area (Å²) in [6, 6.07) is 6.23. The molecule has 106 valence electrons. The molecule has 0 atom stereocenters. The van der Waals surface area contributed by atoms with Gasteiger partial charge >= 0.3 is 0 Å². The van der Waals surface area contributed by atoms with Crippen LogP contribution in [0.5, 0.6) is 0 Å². The Morgan fingerprint density at radius 2 is 2.19 bits per heavy atom. The number of thiophene rings is 1. The highest BCUT2D eigenvalue weighted by Gasteiger charge is 2.17. The van der Waals surface area contributed by atoms with E-state index in [0.29, 0.717) is 11.4 Å². The van der Waals surface area contributed by atoms with Gasteiger partial charge in [0.15, 0.2) is 0 Å². The second-order valence-electron chi connectivity index (χ2n) is 4.08. The van der Waals surface area contributed by atoms with Gasteiger partial charge in [0.25, 0.3) is 11.6 Å². The third-order valence-electron chi connectivity index (χ3n) is 2.69. The molecule has 0 amide bonds. The minimum absolute atomic E-state index is 0.0886. The number of rotatable bonds is 3. The van der Waals surface area contributed by atoms with Gasteiger partial charge in [-0.25, -0.2) is 0 Å². The Bertz CT molecular complexity index is 830. The third kappa shape index (κ3) is 2.65. The quantitative estimate of drug-likeness (QED) is 0.429. The molecular weight excluding hydrogens is 360 g/mol. The van der Waals surface area contributed by atoms with E-state index in [1.54, 1.807) is 6.07 Å². The van der Waals surface area contributed by atoms with Gasteiger partial charge in [0.1, 0.15) is 5.69 Å². The van der Waals surface area contributed by atoms with Crippen LogP contribution in [0, 0.1) is 10.1 Å². The fourth-order valence-electron chi connectivity index (χ4n) is 1.71. The van der Waals surface area contributed by atoms with E-state index >= 15 is 0 Å². The first kappa shape index (κ1) is 13.7. The largest absolute Gasteiger partial charge is 0.393 e. The summed E-state index contributed by atoms with van der Waals surface area (Å²) in [6.07, 6.45) is 0. The number of nitro benzene ring substituents is 1. The zero-order valence-corrected chi connectivity index (χ0v) is 12.7. The number of nitrogens with zero attached hydrogens (tertiary/aromatic N) is 3. The molecule has 0 saturated carbocycles. The van der Waals surface area contributed by atoms with Crippen LogP contribution in [0.2, 0.25) is 0 Å². The van der Waals surface area contributed by atoms with Crippen LogP contribution in [0.15, 0.2) is 38.6 Å². The van der Waals surface area contributed by atoms with Crippen molar-refractivity contribution in [2.24, 2.45) is 0 Å². The Morgan fingerprint density at radius 3 is 2.86 bits per heavy atom. The molecule has 0 aliphatic heterocycles. The predicted molar refractivity (Wildman–Crippen MR) is 81.8 cm³/mol. The molecule has 0 aliphatic carbocycles. The van der Waals surface area contributed by atoms with Crippen molar-refractivity contribution in [3.63, 3.8) is 0 Å². The van der Waals surface area contributed by atoms with E-state index < -0.39 is 4.92 Å². The van der Waals surface area contributed by atoms with Gasteiger partial charge in [-0.1, -0.05) is 5.16 Å². The Balaban J connectivity index is 2.00. The SMILES string of the molecule is Nc1ccc(-c2nc(-c3cc(Br)cs3)no2)cc1[N+](=O)[O-]. The fourth-order valence-corrected chi connectivity index (χ4v) is 3.06. The molecule has 0 unspecified atom stereocenters. The Hall–Kier alpha value is -2.26. The summed E-state index contributed by atoms with van der Waals surface area (Å²) in [6.45, 7) is 0. The van der Waals surface area contributed by atoms with Crippen molar-refractivity contribution in [2.75, 3.05) is 5.73 Å². The van der Waals surface area contributed by atoms with Crippen molar-refractivity contribution in [3.05, 3.63) is 44.2 Å². The number of anilines is 1. The average Bonchev–Trinajstić information content (AvgIpc) is 3.07. The number of hydrogen-bond donors (Lipinski definition) is 1. The summed E-state index contributed by atoms with van der Waals surface area (Å²) in [5.74, 6) is 0.637. The number of hydrogen-bond acceptors (Lipinski definition) is 7. The van der Waals surface area contributed by atoms with Crippen molar-refractivity contribution < 1.29 is 9.45 Å². The molecule has 3 aromatic rings. The second-order valence-corrected chi connectivity index (χ2v) is 5.91. The summed E-state index contributed by atoms with van der Waals surface area (Å²) in [7, 11) is 0. The highest BCUT2D eigenvalue weighted by atomic mass is 79.9. The number of nitrogens with two attached hydrogens (primary N) is 1. The molecule has 2 N–H and O–H groups in total. The molecule has 0 spiro atoms. The van der Waals surface area contributed by atoms with E-state index in [4.69, 9.17) is 10.3 Å². The average molecular weight is 367 g/mol. The van der Waals surface area contributed by atoms with Crippen molar-refractivity contribution >= 4 is 38.6 Å². The van der Waals surface area contributed by atoms with Gasteiger partial charge in [0, 0.05) is 21.5 Å². The molecule has 0 aliphatic rings. The van der Waals surface area contributed by atoms with Gasteiger partial charge in [-0.2, -0.15) is 4.98 Å². The molecule has 0 saturated heterocycles. The lowest BCUT2D eigenvalue weighted by Gasteiger charge is -1.98. The van der Waals surface area contributed by atoms with Crippen molar-refractivity contribution in [1.29, 1.82) is 0 Å². The molecule has 21 heavy (non-hydrogen) atoms. The van der Waals surface area contributed by atoms with E-state index in [9.17, 15) is 10.1 Å². The summed E-state index contributed by atoms with van der Waals surface area (Å²) in [5.41, 5.74) is 5.90. The number of nitro groups is 1. The van der Waals surface area contributed by atoms with Crippen molar-refractivity contribution in [1.82, 2.24) is 10.1 Å². The standard InChI is InChI=1S/C12H7BrN4O3S/c13-7-4-10(21-5-7)11-15-12(20-16-11)6-1-2-8(14)9(3-6)17(18)19/h1-5H,14H2. The van der Waals surface area contributed by atoms with Gasteiger partial charge in [0.2, 0.25) is 5.82 Å². The molecule has 0 bridgehead atoms. The van der Waals surface area contributed by atoms with Crippen LogP contribution in [0.1, 0.15) is 0 Å². The summed E-state index contributed by atoms with van der Waals surface area (Å²) in [5, 5.41) is 16.7. The lowest BCUT2D eigenvalue weighted by Crippen LogP contribution is -1.95. The highest BCUT2D eigenvalue weighted by Crippen LogP contribution is 2.31. The smallest absolute Gasteiger partial charge is 0.292 e. The minimum Gasteiger partial charge on any atom is -0.393 e. The Labute approximate surface area is 130 Å². The van der Waals surface area contributed by atoms with Crippen LogP contribution in [0.25, 0.3) is 22.2 Å². The summed E-state index contributed by atoms with van der Waals surface area (Å²) >= 11 is 4.81. The van der Waals surface area contributed by atoms with Crippen molar-refractivity contribution in [2.45, 2.75) is 0 Å².